The van der Waals surface area contributed by atoms with Gasteiger partial charge in [-0.05, 0) is 45.6 Å². The van der Waals surface area contributed by atoms with Crippen LogP contribution in [0.2, 0.25) is 0 Å². The molecule has 1 aromatic rings. The molecule has 0 aromatic carbocycles. The summed E-state index contributed by atoms with van der Waals surface area (Å²) in [5, 5.41) is 4.94. The van der Waals surface area contributed by atoms with E-state index in [-0.39, 0.29) is 5.54 Å². The zero-order valence-electron chi connectivity index (χ0n) is 11.9. The molecule has 0 bridgehead atoms. The van der Waals surface area contributed by atoms with Crippen molar-refractivity contribution in [2.75, 3.05) is 20.3 Å². The Morgan fingerprint density at radius 1 is 1.44 bits per heavy atom. The molecule has 1 aromatic heterocycles. The molecule has 2 rings (SSSR count). The second kappa shape index (κ2) is 5.68. The number of methoxy groups -OCH3 is 1. The molecule has 1 aliphatic carbocycles. The molecule has 4 heteroatoms. The SMILES string of the molecule is CCCNC(COC)(c1nc(C)c(C)s1)C1CC1. The van der Waals surface area contributed by atoms with Crippen LogP contribution in [0.25, 0.3) is 0 Å². The highest BCUT2D eigenvalue weighted by molar-refractivity contribution is 7.11. The van der Waals surface area contributed by atoms with Gasteiger partial charge in [-0.15, -0.1) is 11.3 Å². The summed E-state index contributed by atoms with van der Waals surface area (Å²) in [4.78, 5) is 6.12. The molecule has 1 heterocycles. The van der Waals surface area contributed by atoms with E-state index < -0.39 is 0 Å². The molecular weight excluding hydrogens is 244 g/mol. The van der Waals surface area contributed by atoms with E-state index in [2.05, 4.69) is 26.1 Å². The fourth-order valence-corrected chi connectivity index (χ4v) is 3.59. The van der Waals surface area contributed by atoms with E-state index in [1.165, 1.54) is 22.7 Å². The van der Waals surface area contributed by atoms with Gasteiger partial charge in [0, 0.05) is 12.0 Å². The monoisotopic (exact) mass is 268 g/mol. The van der Waals surface area contributed by atoms with E-state index in [1.807, 2.05) is 11.3 Å². The maximum atomic E-state index is 5.51. The number of rotatable bonds is 7. The highest BCUT2D eigenvalue weighted by atomic mass is 32.1. The van der Waals surface area contributed by atoms with Gasteiger partial charge in [-0.3, -0.25) is 0 Å². The van der Waals surface area contributed by atoms with Gasteiger partial charge in [0.05, 0.1) is 17.8 Å². The fourth-order valence-electron chi connectivity index (χ4n) is 2.44. The van der Waals surface area contributed by atoms with Gasteiger partial charge in [-0.2, -0.15) is 0 Å². The number of ether oxygens (including phenoxy) is 1. The smallest absolute Gasteiger partial charge is 0.116 e. The molecule has 18 heavy (non-hydrogen) atoms. The van der Waals surface area contributed by atoms with Crippen molar-refractivity contribution in [3.63, 3.8) is 0 Å². The van der Waals surface area contributed by atoms with E-state index in [1.54, 1.807) is 7.11 Å². The van der Waals surface area contributed by atoms with Crippen LogP contribution in [0.5, 0.6) is 0 Å². The zero-order valence-corrected chi connectivity index (χ0v) is 12.7. The van der Waals surface area contributed by atoms with Crippen molar-refractivity contribution in [3.05, 3.63) is 15.6 Å². The van der Waals surface area contributed by atoms with Gasteiger partial charge in [0.25, 0.3) is 0 Å². The summed E-state index contributed by atoms with van der Waals surface area (Å²) in [5.41, 5.74) is 1.11. The Morgan fingerprint density at radius 3 is 2.61 bits per heavy atom. The Labute approximate surface area is 114 Å². The Bertz CT molecular complexity index is 381. The number of nitrogens with zero attached hydrogens (tertiary/aromatic N) is 1. The molecule has 1 aliphatic rings. The van der Waals surface area contributed by atoms with Crippen LogP contribution in [-0.4, -0.2) is 25.2 Å². The lowest BCUT2D eigenvalue weighted by Crippen LogP contribution is -2.48. The summed E-state index contributed by atoms with van der Waals surface area (Å²) in [6, 6.07) is 0. The predicted molar refractivity (Wildman–Crippen MR) is 76.2 cm³/mol. The predicted octanol–water partition coefficient (Wildman–Crippen LogP) is 3.01. The average molecular weight is 268 g/mol. The Balaban J connectivity index is 2.31. The first-order valence-electron chi connectivity index (χ1n) is 6.82. The minimum absolute atomic E-state index is 0.0472. The molecule has 0 saturated heterocycles. The zero-order chi connectivity index (χ0) is 13.2. The maximum absolute atomic E-state index is 5.51. The lowest BCUT2D eigenvalue weighted by Gasteiger charge is -2.32. The molecule has 1 saturated carbocycles. The van der Waals surface area contributed by atoms with Crippen LogP contribution in [0.3, 0.4) is 0 Å². The first-order valence-corrected chi connectivity index (χ1v) is 7.64. The number of aromatic nitrogens is 1. The standard InChI is InChI=1S/C14H24N2OS/c1-5-8-15-14(9-17-4,12-6-7-12)13-16-10(2)11(3)18-13/h12,15H,5-9H2,1-4H3. The Morgan fingerprint density at radius 2 is 2.17 bits per heavy atom. The van der Waals surface area contributed by atoms with Crippen molar-refractivity contribution >= 4 is 11.3 Å². The highest BCUT2D eigenvalue weighted by Crippen LogP contribution is 2.47. The van der Waals surface area contributed by atoms with Crippen LogP contribution in [0.1, 0.15) is 41.8 Å². The van der Waals surface area contributed by atoms with E-state index in [0.29, 0.717) is 5.92 Å². The molecule has 1 fully saturated rings. The van der Waals surface area contributed by atoms with Gasteiger partial charge in [0.2, 0.25) is 0 Å². The molecule has 3 nitrogen and oxygen atoms in total. The van der Waals surface area contributed by atoms with Crippen molar-refractivity contribution in [1.29, 1.82) is 0 Å². The highest BCUT2D eigenvalue weighted by Gasteiger charge is 2.48. The van der Waals surface area contributed by atoms with E-state index in [4.69, 9.17) is 9.72 Å². The number of nitrogens with one attached hydrogen (secondary N) is 1. The summed E-state index contributed by atoms with van der Waals surface area (Å²) in [7, 11) is 1.79. The van der Waals surface area contributed by atoms with Crippen LogP contribution in [0.4, 0.5) is 0 Å². The van der Waals surface area contributed by atoms with Crippen LogP contribution in [0, 0.1) is 19.8 Å². The summed E-state index contributed by atoms with van der Waals surface area (Å²) in [6.07, 6.45) is 3.72. The molecule has 0 aliphatic heterocycles. The van der Waals surface area contributed by atoms with Gasteiger partial charge < -0.3 is 10.1 Å². The Hall–Kier alpha value is -0.450. The Kier molecular flexibility index (Phi) is 4.41. The van der Waals surface area contributed by atoms with Crippen molar-refractivity contribution in [3.8, 4) is 0 Å². The van der Waals surface area contributed by atoms with E-state index in [9.17, 15) is 0 Å². The lowest BCUT2D eigenvalue weighted by atomic mass is 9.94. The molecular formula is C14H24N2OS. The van der Waals surface area contributed by atoms with Gasteiger partial charge in [-0.25, -0.2) is 4.98 Å². The number of aryl methyl sites for hydroxylation is 2. The van der Waals surface area contributed by atoms with Gasteiger partial charge in [-0.1, -0.05) is 6.92 Å². The number of hydrogen-bond acceptors (Lipinski definition) is 4. The topological polar surface area (TPSA) is 34.1 Å². The van der Waals surface area contributed by atoms with Crippen LogP contribution in [0.15, 0.2) is 0 Å². The largest absolute Gasteiger partial charge is 0.382 e. The van der Waals surface area contributed by atoms with Crippen LogP contribution >= 0.6 is 11.3 Å². The molecule has 1 atom stereocenters. The summed E-state index contributed by atoms with van der Waals surface area (Å²) >= 11 is 1.83. The lowest BCUT2D eigenvalue weighted by molar-refractivity contribution is 0.0925. The molecule has 1 unspecified atom stereocenters. The average Bonchev–Trinajstić information content (AvgIpc) is 3.13. The number of hydrogen-bond donors (Lipinski definition) is 1. The van der Waals surface area contributed by atoms with Crippen molar-refractivity contribution in [1.82, 2.24) is 10.3 Å². The third-order valence-electron chi connectivity index (χ3n) is 3.75. The van der Waals surface area contributed by atoms with Gasteiger partial charge >= 0.3 is 0 Å². The minimum Gasteiger partial charge on any atom is -0.382 e. The van der Waals surface area contributed by atoms with Gasteiger partial charge in [0.1, 0.15) is 5.01 Å². The summed E-state index contributed by atoms with van der Waals surface area (Å²) < 4.78 is 5.51. The molecule has 0 amide bonds. The van der Waals surface area contributed by atoms with Crippen molar-refractivity contribution in [2.45, 2.75) is 45.6 Å². The second-order valence-electron chi connectivity index (χ2n) is 5.27. The fraction of sp³-hybridized carbons (Fsp3) is 0.786. The first kappa shape index (κ1) is 14.0. The van der Waals surface area contributed by atoms with Crippen LogP contribution in [-0.2, 0) is 10.3 Å². The molecule has 0 radical (unpaired) electrons. The van der Waals surface area contributed by atoms with Gasteiger partial charge in [0.15, 0.2) is 0 Å². The van der Waals surface area contributed by atoms with Crippen molar-refractivity contribution in [2.24, 2.45) is 5.92 Å². The van der Waals surface area contributed by atoms with Crippen molar-refractivity contribution < 1.29 is 4.74 Å². The van der Waals surface area contributed by atoms with Crippen LogP contribution < -0.4 is 5.32 Å². The minimum atomic E-state index is -0.0472. The summed E-state index contributed by atoms with van der Waals surface area (Å²) in [6.45, 7) is 8.21. The second-order valence-corrected chi connectivity index (χ2v) is 6.47. The first-order chi connectivity index (χ1) is 8.64. The van der Waals surface area contributed by atoms with E-state index in [0.717, 1.165) is 25.3 Å². The molecule has 1 N–H and O–H groups in total. The third kappa shape index (κ3) is 2.60. The maximum Gasteiger partial charge on any atom is 0.116 e. The third-order valence-corrected chi connectivity index (χ3v) is 5.00. The summed E-state index contributed by atoms with van der Waals surface area (Å²) in [5.74, 6) is 0.689. The van der Waals surface area contributed by atoms with E-state index >= 15 is 0 Å². The molecule has 0 spiro atoms. The molecule has 102 valence electrons. The normalized spacial score (nSPS) is 18.9. The number of thiazole rings is 1. The quantitative estimate of drug-likeness (QED) is 0.825.